The molecule has 1 aliphatic rings. The molecule has 0 aliphatic carbocycles. The van der Waals surface area contributed by atoms with Gasteiger partial charge in [0.05, 0.1) is 6.42 Å². The number of aliphatic imine (C=N–C) groups is 1. The zero-order chi connectivity index (χ0) is 20.7. The summed E-state index contributed by atoms with van der Waals surface area (Å²) in [4.78, 5) is 20.9. The van der Waals surface area contributed by atoms with E-state index in [2.05, 4.69) is 15.2 Å². The van der Waals surface area contributed by atoms with Crippen LogP contribution in [0.4, 0.5) is 0 Å². The molecule has 1 fully saturated rings. The van der Waals surface area contributed by atoms with Crippen molar-refractivity contribution in [3.63, 3.8) is 0 Å². The Bertz CT molecular complexity index is 731. The topological polar surface area (TPSA) is 65.0 Å². The monoisotopic (exact) mass is 554 g/mol. The van der Waals surface area contributed by atoms with Crippen LogP contribution in [0.1, 0.15) is 26.3 Å². The van der Waals surface area contributed by atoms with Crippen molar-refractivity contribution in [1.82, 2.24) is 15.1 Å². The Kier molecular flexibility index (Phi) is 10.9. The largest absolute Gasteiger partial charge is 0.355 e. The summed E-state index contributed by atoms with van der Waals surface area (Å²) < 4.78 is 12.0. The van der Waals surface area contributed by atoms with Crippen molar-refractivity contribution >= 4 is 58.2 Å². The van der Waals surface area contributed by atoms with E-state index in [1.54, 1.807) is 7.05 Å². The summed E-state index contributed by atoms with van der Waals surface area (Å²) in [6.07, 6.45) is 0.367. The second-order valence-electron chi connectivity index (χ2n) is 7.81. The standard InChI is InChI=1S/C20H31ClN4O2S.HI/c1-20(2,3)28(27)13-8-23-19(22-4)25-11-9-24(10-12-25)18(26)15-16-6-5-7-17(21)14-16;/h5-7,14H,8-13,15H2,1-4H3,(H,22,23);1H. The molecular formula is C20H32ClIN4O2S. The molecule has 1 N–H and O–H groups in total. The number of carbonyl (C=O) groups excluding carboxylic acids is 1. The maximum Gasteiger partial charge on any atom is 0.227 e. The number of hydrogen-bond acceptors (Lipinski definition) is 3. The fourth-order valence-corrected chi connectivity index (χ4v) is 4.11. The van der Waals surface area contributed by atoms with Crippen LogP contribution >= 0.6 is 35.6 Å². The molecule has 1 heterocycles. The lowest BCUT2D eigenvalue weighted by atomic mass is 10.1. The minimum atomic E-state index is -0.892. The van der Waals surface area contributed by atoms with E-state index in [-0.39, 0.29) is 34.6 Å². The van der Waals surface area contributed by atoms with E-state index in [0.717, 1.165) is 24.6 Å². The molecule has 1 unspecified atom stereocenters. The van der Waals surface area contributed by atoms with Crippen LogP contribution in [-0.4, -0.2) is 76.1 Å². The van der Waals surface area contributed by atoms with Gasteiger partial charge in [-0.1, -0.05) is 23.7 Å². The van der Waals surface area contributed by atoms with Crippen LogP contribution in [0.5, 0.6) is 0 Å². The highest BCUT2D eigenvalue weighted by molar-refractivity contribution is 14.0. The van der Waals surface area contributed by atoms with Gasteiger partial charge in [0.15, 0.2) is 5.96 Å². The molecule has 0 radical (unpaired) electrons. The molecule has 1 saturated heterocycles. The van der Waals surface area contributed by atoms with Crippen LogP contribution in [0.25, 0.3) is 0 Å². The van der Waals surface area contributed by atoms with Crippen LogP contribution in [-0.2, 0) is 22.0 Å². The van der Waals surface area contributed by atoms with Crippen molar-refractivity contribution in [2.75, 3.05) is 45.5 Å². The van der Waals surface area contributed by atoms with Crippen LogP contribution in [0, 0.1) is 0 Å². The van der Waals surface area contributed by atoms with E-state index < -0.39 is 10.8 Å². The molecule has 164 valence electrons. The molecule has 0 bridgehead atoms. The zero-order valence-corrected chi connectivity index (χ0v) is 21.5. The summed E-state index contributed by atoms with van der Waals surface area (Å²) in [5.41, 5.74) is 0.934. The van der Waals surface area contributed by atoms with Gasteiger partial charge in [0.2, 0.25) is 5.91 Å². The van der Waals surface area contributed by atoms with Gasteiger partial charge in [-0.25, -0.2) is 0 Å². The van der Waals surface area contributed by atoms with Crippen molar-refractivity contribution in [2.24, 2.45) is 4.99 Å². The Morgan fingerprint density at radius 2 is 1.83 bits per heavy atom. The van der Waals surface area contributed by atoms with E-state index in [9.17, 15) is 9.00 Å². The van der Waals surface area contributed by atoms with Crippen LogP contribution in [0.3, 0.4) is 0 Å². The highest BCUT2D eigenvalue weighted by atomic mass is 127. The summed E-state index contributed by atoms with van der Waals surface area (Å²) in [5.74, 6) is 1.50. The van der Waals surface area contributed by atoms with E-state index in [0.29, 0.717) is 36.8 Å². The van der Waals surface area contributed by atoms with Crippen molar-refractivity contribution in [1.29, 1.82) is 0 Å². The Morgan fingerprint density at radius 3 is 2.38 bits per heavy atom. The predicted molar refractivity (Wildman–Crippen MR) is 133 cm³/mol. The number of hydrogen-bond donors (Lipinski definition) is 1. The minimum Gasteiger partial charge on any atom is -0.355 e. The number of piperazine rings is 1. The minimum absolute atomic E-state index is 0. The van der Waals surface area contributed by atoms with E-state index in [1.807, 2.05) is 49.9 Å². The lowest BCUT2D eigenvalue weighted by Gasteiger charge is -2.36. The maximum atomic E-state index is 12.6. The van der Waals surface area contributed by atoms with Gasteiger partial charge in [-0.3, -0.25) is 14.0 Å². The highest BCUT2D eigenvalue weighted by Gasteiger charge is 2.24. The van der Waals surface area contributed by atoms with Crippen LogP contribution in [0.15, 0.2) is 29.3 Å². The van der Waals surface area contributed by atoms with Gasteiger partial charge in [-0.05, 0) is 38.5 Å². The SMILES string of the molecule is CN=C(NCCS(=O)C(C)(C)C)N1CCN(C(=O)Cc2cccc(Cl)c2)CC1.I. The average molecular weight is 555 g/mol. The third-order valence-electron chi connectivity index (χ3n) is 4.64. The number of amides is 1. The fraction of sp³-hybridized carbons (Fsp3) is 0.600. The Morgan fingerprint density at radius 1 is 1.21 bits per heavy atom. The normalized spacial score (nSPS) is 16.2. The number of nitrogens with zero attached hydrogens (tertiary/aromatic N) is 3. The Hall–Kier alpha value is -0.870. The first kappa shape index (κ1) is 26.2. The summed E-state index contributed by atoms with van der Waals surface area (Å²) >= 11 is 6.00. The fourth-order valence-electron chi connectivity index (χ4n) is 3.00. The van der Waals surface area contributed by atoms with Crippen molar-refractivity contribution in [3.8, 4) is 0 Å². The highest BCUT2D eigenvalue weighted by Crippen LogP contribution is 2.13. The summed E-state index contributed by atoms with van der Waals surface area (Å²) in [5, 5.41) is 3.95. The molecule has 0 aromatic heterocycles. The first-order chi connectivity index (χ1) is 13.2. The third kappa shape index (κ3) is 8.41. The molecule has 1 amide bonds. The maximum absolute atomic E-state index is 12.6. The summed E-state index contributed by atoms with van der Waals surface area (Å²) in [6.45, 7) is 9.34. The van der Waals surface area contributed by atoms with Crippen molar-refractivity contribution < 1.29 is 9.00 Å². The van der Waals surface area contributed by atoms with Gasteiger partial charge in [0, 0.05) is 66.1 Å². The van der Waals surface area contributed by atoms with E-state index in [1.165, 1.54) is 0 Å². The molecule has 29 heavy (non-hydrogen) atoms. The molecule has 2 rings (SSSR count). The van der Waals surface area contributed by atoms with Crippen molar-refractivity contribution in [2.45, 2.75) is 31.9 Å². The molecule has 0 spiro atoms. The zero-order valence-electron chi connectivity index (χ0n) is 17.6. The van der Waals surface area contributed by atoms with Gasteiger partial charge in [-0.2, -0.15) is 0 Å². The van der Waals surface area contributed by atoms with Crippen LogP contribution < -0.4 is 5.32 Å². The van der Waals surface area contributed by atoms with E-state index in [4.69, 9.17) is 11.6 Å². The van der Waals surface area contributed by atoms with E-state index >= 15 is 0 Å². The Labute approximate surface area is 198 Å². The lowest BCUT2D eigenvalue weighted by molar-refractivity contribution is -0.131. The second kappa shape index (κ2) is 12.1. The second-order valence-corrected chi connectivity index (χ2v) is 10.6. The molecule has 1 atom stereocenters. The number of guanidine groups is 1. The number of nitrogens with one attached hydrogen (secondary N) is 1. The number of benzene rings is 1. The summed E-state index contributed by atoms with van der Waals surface area (Å²) in [7, 11) is 0.858. The molecule has 9 heteroatoms. The van der Waals surface area contributed by atoms with Gasteiger partial charge in [-0.15, -0.1) is 24.0 Å². The quantitative estimate of drug-likeness (QED) is 0.345. The van der Waals surface area contributed by atoms with Gasteiger partial charge < -0.3 is 15.1 Å². The van der Waals surface area contributed by atoms with Gasteiger partial charge in [0.1, 0.15) is 0 Å². The van der Waals surface area contributed by atoms with Gasteiger partial charge in [0.25, 0.3) is 0 Å². The average Bonchev–Trinajstić information content (AvgIpc) is 2.64. The first-order valence-electron chi connectivity index (χ1n) is 9.57. The van der Waals surface area contributed by atoms with Crippen LogP contribution in [0.2, 0.25) is 5.02 Å². The van der Waals surface area contributed by atoms with Crippen molar-refractivity contribution in [3.05, 3.63) is 34.9 Å². The number of halogens is 2. The number of carbonyl (C=O) groups is 1. The summed E-state index contributed by atoms with van der Waals surface area (Å²) in [6, 6.07) is 7.44. The lowest BCUT2D eigenvalue weighted by Crippen LogP contribution is -2.54. The predicted octanol–water partition coefficient (Wildman–Crippen LogP) is 2.77. The number of rotatable bonds is 5. The molecular weight excluding hydrogens is 523 g/mol. The smallest absolute Gasteiger partial charge is 0.227 e. The molecule has 6 nitrogen and oxygen atoms in total. The van der Waals surface area contributed by atoms with Gasteiger partial charge >= 0.3 is 0 Å². The molecule has 0 saturated carbocycles. The molecule has 1 aromatic carbocycles. The third-order valence-corrected chi connectivity index (χ3v) is 6.82. The Balaban J connectivity index is 0.00000420. The first-order valence-corrected chi connectivity index (χ1v) is 11.3. The molecule has 1 aromatic rings. The molecule has 1 aliphatic heterocycles.